The lowest BCUT2D eigenvalue weighted by Crippen LogP contribution is -2.51. The molecule has 9 heteroatoms. The normalized spacial score (nSPS) is 20.3. The molecule has 0 bridgehead atoms. The predicted molar refractivity (Wildman–Crippen MR) is 149 cm³/mol. The molecule has 3 aromatic rings. The summed E-state index contributed by atoms with van der Waals surface area (Å²) < 4.78 is 12.2. The lowest BCUT2D eigenvalue weighted by atomic mass is 9.88. The second-order valence-corrected chi connectivity index (χ2v) is 9.98. The molecule has 3 amide bonds. The van der Waals surface area contributed by atoms with Crippen LogP contribution < -0.4 is 30.6 Å². The first-order chi connectivity index (χ1) is 18.9. The molecule has 1 aliphatic heterocycles. The first-order valence-corrected chi connectivity index (χ1v) is 13.3. The fourth-order valence-corrected chi connectivity index (χ4v) is 5.59. The Bertz CT molecular complexity index is 1420. The quantitative estimate of drug-likeness (QED) is 0.488. The predicted octanol–water partition coefficient (Wildman–Crippen LogP) is 3.24. The molecule has 1 saturated heterocycles. The van der Waals surface area contributed by atoms with Crippen molar-refractivity contribution in [2.45, 2.75) is 50.7 Å². The van der Waals surface area contributed by atoms with Gasteiger partial charge in [0.25, 0.3) is 11.5 Å². The second kappa shape index (κ2) is 11.2. The van der Waals surface area contributed by atoms with Crippen LogP contribution >= 0.6 is 0 Å². The Labute approximate surface area is 227 Å². The maximum Gasteiger partial charge on any atom is 0.315 e. The Morgan fingerprint density at radius 1 is 0.974 bits per heavy atom. The molecule has 2 N–H and O–H groups in total. The first kappa shape index (κ1) is 26.3. The van der Waals surface area contributed by atoms with Crippen molar-refractivity contribution in [1.29, 1.82) is 0 Å². The van der Waals surface area contributed by atoms with Gasteiger partial charge in [0.2, 0.25) is 0 Å². The van der Waals surface area contributed by atoms with Crippen molar-refractivity contribution in [3.05, 3.63) is 87.8 Å². The van der Waals surface area contributed by atoms with E-state index in [9.17, 15) is 14.4 Å². The van der Waals surface area contributed by atoms with Gasteiger partial charge in [-0.3, -0.25) is 9.59 Å². The fraction of sp³-hybridized carbons (Fsp3) is 0.367. The standard InChI is InChI=1S/C30H34N4O5/c1-4-33-15-5-6-26(28(33)35)34-18-25(19-8-12-23(38-2)13-9-19)27(29(34)36)32-30(37)31-22-11-7-21-17-24(39-3)14-10-20(21)16-22/h5-6,8-10,12-15,17,22,25,27H,4,7,11,16,18H2,1-3H3,(H2,31,32,37)/t22?,25-,27-/m0/s1. The number of hydrogen-bond donors (Lipinski definition) is 2. The summed E-state index contributed by atoms with van der Waals surface area (Å²) in [6.07, 6.45) is 4.04. The van der Waals surface area contributed by atoms with Crippen LogP contribution in [0.3, 0.4) is 0 Å². The fourth-order valence-electron chi connectivity index (χ4n) is 5.59. The van der Waals surface area contributed by atoms with Crippen LogP contribution in [0, 0.1) is 0 Å². The van der Waals surface area contributed by atoms with Crippen LogP contribution in [0.1, 0.15) is 36.0 Å². The van der Waals surface area contributed by atoms with E-state index in [4.69, 9.17) is 9.47 Å². The summed E-state index contributed by atoms with van der Waals surface area (Å²) in [5.74, 6) is 0.878. The summed E-state index contributed by atoms with van der Waals surface area (Å²) in [6, 6.07) is 15.6. The highest BCUT2D eigenvalue weighted by molar-refractivity contribution is 6.02. The Morgan fingerprint density at radius 2 is 1.72 bits per heavy atom. The maximum atomic E-state index is 13.7. The number of carbonyl (C=O) groups excluding carboxylic acids is 2. The van der Waals surface area contributed by atoms with Crippen LogP contribution in [0.25, 0.3) is 0 Å². The summed E-state index contributed by atoms with van der Waals surface area (Å²) in [6.45, 7) is 2.65. The van der Waals surface area contributed by atoms with E-state index in [0.717, 1.165) is 24.2 Å². The van der Waals surface area contributed by atoms with Crippen molar-refractivity contribution >= 4 is 17.6 Å². The lowest BCUT2D eigenvalue weighted by molar-refractivity contribution is -0.118. The van der Waals surface area contributed by atoms with Crippen LogP contribution in [0.2, 0.25) is 0 Å². The van der Waals surface area contributed by atoms with Crippen LogP contribution in [0.15, 0.2) is 65.6 Å². The molecule has 204 valence electrons. The number of nitrogens with zero attached hydrogens (tertiary/aromatic N) is 2. The Hall–Kier alpha value is -4.27. The molecule has 0 radical (unpaired) electrons. The minimum Gasteiger partial charge on any atom is -0.497 e. The highest BCUT2D eigenvalue weighted by Gasteiger charge is 2.44. The minimum atomic E-state index is -0.826. The first-order valence-electron chi connectivity index (χ1n) is 13.3. The van der Waals surface area contributed by atoms with Crippen molar-refractivity contribution < 1.29 is 19.1 Å². The van der Waals surface area contributed by atoms with E-state index in [1.165, 1.54) is 16.0 Å². The Morgan fingerprint density at radius 3 is 2.44 bits per heavy atom. The zero-order valence-electron chi connectivity index (χ0n) is 22.5. The van der Waals surface area contributed by atoms with Crippen LogP contribution in [-0.2, 0) is 24.2 Å². The molecular weight excluding hydrogens is 496 g/mol. The Balaban J connectivity index is 1.36. The number of urea groups is 1. The average Bonchev–Trinajstić information content (AvgIpc) is 3.28. The van der Waals surface area contributed by atoms with Gasteiger partial charge in [0.1, 0.15) is 23.2 Å². The minimum absolute atomic E-state index is 0.0520. The molecule has 2 aliphatic rings. The van der Waals surface area contributed by atoms with E-state index in [-0.39, 0.29) is 30.0 Å². The highest BCUT2D eigenvalue weighted by Crippen LogP contribution is 2.32. The topological polar surface area (TPSA) is 102 Å². The molecule has 5 rings (SSSR count). The molecular formula is C30H34N4O5. The second-order valence-electron chi connectivity index (χ2n) is 9.98. The van der Waals surface area contributed by atoms with Crippen LogP contribution in [-0.4, -0.2) is 49.4 Å². The van der Waals surface area contributed by atoms with Gasteiger partial charge < -0.3 is 29.6 Å². The monoisotopic (exact) mass is 530 g/mol. The summed E-state index contributed by atoms with van der Waals surface area (Å²) in [5.41, 5.74) is 3.37. The zero-order valence-corrected chi connectivity index (χ0v) is 22.5. The number of rotatable bonds is 7. The molecule has 1 aliphatic carbocycles. The van der Waals surface area contributed by atoms with Gasteiger partial charge in [-0.2, -0.15) is 0 Å². The van der Waals surface area contributed by atoms with Gasteiger partial charge in [-0.15, -0.1) is 0 Å². The molecule has 39 heavy (non-hydrogen) atoms. The summed E-state index contributed by atoms with van der Waals surface area (Å²) >= 11 is 0. The van der Waals surface area contributed by atoms with Gasteiger partial charge in [0.15, 0.2) is 0 Å². The van der Waals surface area contributed by atoms with Gasteiger partial charge in [-0.1, -0.05) is 18.2 Å². The smallest absolute Gasteiger partial charge is 0.315 e. The molecule has 2 aromatic carbocycles. The molecule has 0 spiro atoms. The number of pyridine rings is 1. The van der Waals surface area contributed by atoms with Gasteiger partial charge in [-0.25, -0.2) is 4.79 Å². The van der Waals surface area contributed by atoms with Crippen molar-refractivity contribution in [1.82, 2.24) is 15.2 Å². The molecule has 1 unspecified atom stereocenters. The number of amides is 3. The van der Waals surface area contributed by atoms with E-state index in [2.05, 4.69) is 10.6 Å². The van der Waals surface area contributed by atoms with Crippen molar-refractivity contribution in [2.75, 3.05) is 25.7 Å². The lowest BCUT2D eigenvalue weighted by Gasteiger charge is -2.27. The SMILES string of the molecule is CCn1cccc(N2C[C@@H](c3ccc(OC)cc3)[C@H](NC(=O)NC3CCc4cc(OC)ccc4C3)C2=O)c1=O. The number of carbonyl (C=O) groups is 2. The molecule has 1 aromatic heterocycles. The third-order valence-corrected chi connectivity index (χ3v) is 7.75. The highest BCUT2D eigenvalue weighted by atomic mass is 16.5. The molecule has 0 saturated carbocycles. The zero-order chi connectivity index (χ0) is 27.5. The van der Waals surface area contributed by atoms with Crippen LogP contribution in [0.5, 0.6) is 11.5 Å². The van der Waals surface area contributed by atoms with Gasteiger partial charge in [-0.05, 0) is 79.3 Å². The third kappa shape index (κ3) is 5.34. The van der Waals surface area contributed by atoms with E-state index >= 15 is 0 Å². The van der Waals surface area contributed by atoms with E-state index in [0.29, 0.717) is 24.4 Å². The van der Waals surface area contributed by atoms with Crippen molar-refractivity contribution in [3.8, 4) is 11.5 Å². The largest absolute Gasteiger partial charge is 0.497 e. The number of aryl methyl sites for hydroxylation is 2. The summed E-state index contributed by atoms with van der Waals surface area (Å²) in [5, 5.41) is 6.01. The number of aromatic nitrogens is 1. The summed E-state index contributed by atoms with van der Waals surface area (Å²) in [4.78, 5) is 41.5. The molecule has 9 nitrogen and oxygen atoms in total. The number of fused-ring (bicyclic) bond motifs is 1. The van der Waals surface area contributed by atoms with Crippen LogP contribution in [0.4, 0.5) is 10.5 Å². The maximum absolute atomic E-state index is 13.7. The average molecular weight is 531 g/mol. The van der Waals surface area contributed by atoms with Crippen molar-refractivity contribution in [2.24, 2.45) is 0 Å². The number of hydrogen-bond acceptors (Lipinski definition) is 5. The molecule has 1 fully saturated rings. The third-order valence-electron chi connectivity index (χ3n) is 7.75. The number of ether oxygens (including phenoxy) is 2. The van der Waals surface area contributed by atoms with E-state index in [1.54, 1.807) is 37.1 Å². The van der Waals surface area contributed by atoms with Crippen molar-refractivity contribution in [3.63, 3.8) is 0 Å². The molecule has 2 heterocycles. The van der Waals surface area contributed by atoms with Gasteiger partial charge in [0.05, 0.1) is 14.2 Å². The number of nitrogens with one attached hydrogen (secondary N) is 2. The summed E-state index contributed by atoms with van der Waals surface area (Å²) in [7, 11) is 3.25. The number of methoxy groups -OCH3 is 2. The van der Waals surface area contributed by atoms with Gasteiger partial charge in [0, 0.05) is 31.2 Å². The van der Waals surface area contributed by atoms with E-state index in [1.807, 2.05) is 49.4 Å². The number of benzene rings is 2. The van der Waals surface area contributed by atoms with E-state index < -0.39 is 12.1 Å². The molecule has 3 atom stereocenters. The van der Waals surface area contributed by atoms with Gasteiger partial charge >= 0.3 is 6.03 Å². The Kier molecular flexibility index (Phi) is 7.58. The number of anilines is 1.